The number of nitrogens with one attached hydrogen (secondary N) is 1. The van der Waals surface area contributed by atoms with Gasteiger partial charge in [0.1, 0.15) is 0 Å². The third-order valence-electron chi connectivity index (χ3n) is 4.28. The zero-order valence-electron chi connectivity index (χ0n) is 16.1. The molecule has 8 nitrogen and oxygen atoms in total. The van der Waals surface area contributed by atoms with Crippen LogP contribution >= 0.6 is 0 Å². The Kier molecular flexibility index (Phi) is 7.73. The van der Waals surface area contributed by atoms with E-state index in [0.29, 0.717) is 38.3 Å². The lowest BCUT2D eigenvalue weighted by Crippen LogP contribution is -2.45. The molecule has 0 aromatic heterocycles. The molecule has 0 aliphatic carbocycles. The lowest BCUT2D eigenvalue weighted by atomic mass is 10.0. The molecular weight excluding hydrogens is 382 g/mol. The van der Waals surface area contributed by atoms with Gasteiger partial charge >= 0.3 is 0 Å². The predicted molar refractivity (Wildman–Crippen MR) is 106 cm³/mol. The summed E-state index contributed by atoms with van der Waals surface area (Å²) in [7, 11) is -3.24. The molecule has 0 unspecified atom stereocenters. The minimum Gasteiger partial charge on any atom is -0.378 e. The molecule has 0 bridgehead atoms. The maximum atomic E-state index is 12.4. The number of morpholine rings is 1. The van der Waals surface area contributed by atoms with E-state index < -0.39 is 21.9 Å². The molecule has 2 atom stereocenters. The minimum absolute atomic E-state index is 0.0385. The van der Waals surface area contributed by atoms with Crippen LogP contribution < -0.4 is 11.1 Å². The van der Waals surface area contributed by atoms with E-state index in [9.17, 15) is 18.0 Å². The number of nitrogens with zero attached hydrogens (tertiary/aromatic N) is 1. The van der Waals surface area contributed by atoms with E-state index in [4.69, 9.17) is 10.5 Å². The van der Waals surface area contributed by atoms with Crippen LogP contribution in [0, 0.1) is 0 Å². The molecule has 2 amide bonds. The van der Waals surface area contributed by atoms with Gasteiger partial charge in [0, 0.05) is 36.4 Å². The first-order chi connectivity index (χ1) is 13.2. The van der Waals surface area contributed by atoms with Crippen molar-refractivity contribution < 1.29 is 22.7 Å². The van der Waals surface area contributed by atoms with E-state index in [-0.39, 0.29) is 11.8 Å². The highest BCUT2D eigenvalue weighted by Gasteiger charge is 2.19. The molecule has 1 aliphatic rings. The van der Waals surface area contributed by atoms with E-state index in [1.54, 1.807) is 36.1 Å². The van der Waals surface area contributed by atoms with Gasteiger partial charge in [-0.15, -0.1) is 0 Å². The highest BCUT2D eigenvalue weighted by molar-refractivity contribution is 7.93. The number of benzene rings is 1. The Morgan fingerprint density at radius 1 is 1.25 bits per heavy atom. The Morgan fingerprint density at radius 2 is 1.86 bits per heavy atom. The van der Waals surface area contributed by atoms with Crippen LogP contribution in [0.5, 0.6) is 0 Å². The summed E-state index contributed by atoms with van der Waals surface area (Å²) in [5.41, 5.74) is 7.37. The maximum Gasteiger partial charge on any atom is 0.254 e. The van der Waals surface area contributed by atoms with Crippen molar-refractivity contribution in [1.82, 2.24) is 10.2 Å². The average Bonchev–Trinajstić information content (AvgIpc) is 2.66. The van der Waals surface area contributed by atoms with Crippen LogP contribution in [0.2, 0.25) is 0 Å². The van der Waals surface area contributed by atoms with Gasteiger partial charge < -0.3 is 20.7 Å². The molecule has 9 heteroatoms. The minimum atomic E-state index is -3.24. The second-order valence-electron chi connectivity index (χ2n) is 6.87. The van der Waals surface area contributed by atoms with Crippen LogP contribution in [0.4, 0.5) is 0 Å². The third kappa shape index (κ3) is 7.06. The Hall–Kier alpha value is -2.23. The first-order valence-corrected chi connectivity index (χ1v) is 11.0. The Bertz CT molecular complexity index is 814. The lowest BCUT2D eigenvalue weighted by molar-refractivity contribution is -0.122. The van der Waals surface area contributed by atoms with Crippen molar-refractivity contribution in [2.45, 2.75) is 25.4 Å². The zero-order chi connectivity index (χ0) is 20.7. The molecule has 154 valence electrons. The van der Waals surface area contributed by atoms with E-state index >= 15 is 0 Å². The first kappa shape index (κ1) is 22.1. The smallest absolute Gasteiger partial charge is 0.254 e. The van der Waals surface area contributed by atoms with E-state index in [0.717, 1.165) is 17.2 Å². The molecule has 1 saturated heterocycles. The summed E-state index contributed by atoms with van der Waals surface area (Å²) in [6.45, 7) is 3.92. The summed E-state index contributed by atoms with van der Waals surface area (Å²) in [6, 6.07) is 5.79. The van der Waals surface area contributed by atoms with Gasteiger partial charge in [0.15, 0.2) is 9.84 Å². The molecule has 28 heavy (non-hydrogen) atoms. The van der Waals surface area contributed by atoms with Gasteiger partial charge in [-0.05, 0) is 31.0 Å². The second-order valence-corrected chi connectivity index (χ2v) is 8.80. The van der Waals surface area contributed by atoms with Crippen molar-refractivity contribution in [2.75, 3.05) is 32.6 Å². The van der Waals surface area contributed by atoms with Gasteiger partial charge in [-0.25, -0.2) is 8.42 Å². The summed E-state index contributed by atoms with van der Waals surface area (Å²) >= 11 is 0. The molecule has 3 N–H and O–H groups in total. The number of amides is 2. The van der Waals surface area contributed by atoms with Crippen LogP contribution in [0.15, 0.2) is 35.7 Å². The fraction of sp³-hybridized carbons (Fsp3) is 0.474. The van der Waals surface area contributed by atoms with Crippen molar-refractivity contribution in [3.8, 4) is 0 Å². The largest absolute Gasteiger partial charge is 0.378 e. The van der Waals surface area contributed by atoms with Crippen LogP contribution in [0.3, 0.4) is 0 Å². The molecule has 0 saturated carbocycles. The van der Waals surface area contributed by atoms with Gasteiger partial charge in [0.05, 0.1) is 19.3 Å². The lowest BCUT2D eigenvalue weighted by Gasteiger charge is -2.26. The van der Waals surface area contributed by atoms with E-state index in [1.165, 1.54) is 6.08 Å². The van der Waals surface area contributed by atoms with Crippen molar-refractivity contribution in [3.63, 3.8) is 0 Å². The van der Waals surface area contributed by atoms with Gasteiger partial charge in [-0.1, -0.05) is 18.2 Å². The number of ether oxygens (including phenoxy) is 1. The summed E-state index contributed by atoms with van der Waals surface area (Å²) in [4.78, 5) is 26.4. The average molecular weight is 410 g/mol. The van der Waals surface area contributed by atoms with E-state index in [2.05, 4.69) is 5.32 Å². The zero-order valence-corrected chi connectivity index (χ0v) is 16.9. The first-order valence-electron chi connectivity index (χ1n) is 9.06. The molecule has 2 rings (SSSR count). The van der Waals surface area contributed by atoms with Gasteiger partial charge in [0.2, 0.25) is 5.91 Å². The van der Waals surface area contributed by atoms with Gasteiger partial charge in [-0.3, -0.25) is 9.59 Å². The fourth-order valence-corrected chi connectivity index (χ4v) is 3.24. The number of carbonyl (C=O) groups is 2. The summed E-state index contributed by atoms with van der Waals surface area (Å²) < 4.78 is 27.5. The molecule has 1 aromatic carbocycles. The van der Waals surface area contributed by atoms with E-state index in [1.807, 2.05) is 0 Å². The number of carbonyl (C=O) groups excluding carboxylic acids is 2. The number of hydrogen-bond acceptors (Lipinski definition) is 6. The Balaban J connectivity index is 1.89. The molecule has 1 heterocycles. The highest BCUT2D eigenvalue weighted by atomic mass is 32.2. The van der Waals surface area contributed by atoms with Crippen LogP contribution in [0.1, 0.15) is 22.8 Å². The summed E-state index contributed by atoms with van der Waals surface area (Å²) in [5, 5.41) is 3.71. The quantitative estimate of drug-likeness (QED) is 0.659. The normalized spacial score (nSPS) is 17.3. The molecule has 0 spiro atoms. The molecular formula is C19H27N3O5S. The topological polar surface area (TPSA) is 119 Å². The number of nitrogens with two attached hydrogens (primary N) is 1. The van der Waals surface area contributed by atoms with Gasteiger partial charge in [-0.2, -0.15) is 0 Å². The number of rotatable bonds is 7. The third-order valence-corrected chi connectivity index (χ3v) is 4.93. The molecule has 1 fully saturated rings. The van der Waals surface area contributed by atoms with Crippen molar-refractivity contribution in [3.05, 3.63) is 46.9 Å². The predicted octanol–water partition coefficient (Wildman–Crippen LogP) is 0.0918. The fourth-order valence-electron chi connectivity index (χ4n) is 2.72. The molecule has 1 aliphatic heterocycles. The summed E-state index contributed by atoms with van der Waals surface area (Å²) in [6.07, 6.45) is 2.78. The number of sulfone groups is 1. The van der Waals surface area contributed by atoms with Crippen molar-refractivity contribution >= 4 is 21.7 Å². The number of hydrogen-bond donors (Lipinski definition) is 2. The van der Waals surface area contributed by atoms with Crippen LogP contribution in [0.25, 0.3) is 0 Å². The molecule has 0 radical (unpaired) electrons. The standard InChI is InChI=1S/C19H27N3O5S/c1-14(7-12-28(2,25)26)21-18(23)17(20)13-15-3-5-16(6-4-15)19(24)22-8-10-27-11-9-22/h3-7,12,14,17H,8-11,13,20H2,1-2H3,(H,21,23)/b12-7+/t14-,17-/m0/s1. The van der Waals surface area contributed by atoms with Gasteiger partial charge in [0.25, 0.3) is 5.91 Å². The SMILES string of the molecule is C[C@@H](/C=C/S(C)(=O)=O)NC(=O)[C@@H](N)Cc1ccc(C(=O)N2CCOCC2)cc1. The van der Waals surface area contributed by atoms with Crippen molar-refractivity contribution in [2.24, 2.45) is 5.73 Å². The Labute approximate surface area is 165 Å². The molecule has 1 aromatic rings. The van der Waals surface area contributed by atoms with Crippen molar-refractivity contribution in [1.29, 1.82) is 0 Å². The second kappa shape index (κ2) is 9.81. The van der Waals surface area contributed by atoms with Crippen LogP contribution in [-0.2, 0) is 25.8 Å². The summed E-state index contributed by atoms with van der Waals surface area (Å²) in [5.74, 6) is -0.414. The highest BCUT2D eigenvalue weighted by Crippen LogP contribution is 2.11. The van der Waals surface area contributed by atoms with Crippen LogP contribution in [-0.4, -0.2) is 69.8 Å². The Morgan fingerprint density at radius 3 is 2.43 bits per heavy atom. The monoisotopic (exact) mass is 409 g/mol. The maximum absolute atomic E-state index is 12.4.